The molecule has 1 aromatic heterocycles. The van der Waals surface area contributed by atoms with E-state index in [9.17, 15) is 14.9 Å². The van der Waals surface area contributed by atoms with Crippen LogP contribution in [0.4, 0.5) is 11.4 Å². The Labute approximate surface area is 199 Å². The Bertz CT molecular complexity index is 1350. The maximum atomic E-state index is 12.7. The van der Waals surface area contributed by atoms with Crippen LogP contribution < -0.4 is 14.8 Å². The number of aryl methyl sites for hydroxylation is 1. The smallest absolute Gasteiger partial charge is 0.291 e. The second-order valence-corrected chi connectivity index (χ2v) is 7.74. The molecule has 0 fully saturated rings. The molecule has 34 heavy (non-hydrogen) atoms. The maximum Gasteiger partial charge on any atom is 0.291 e. The number of furan rings is 1. The molecule has 0 radical (unpaired) electrons. The van der Waals surface area contributed by atoms with Gasteiger partial charge >= 0.3 is 0 Å². The highest BCUT2D eigenvalue weighted by Crippen LogP contribution is 2.31. The van der Waals surface area contributed by atoms with Crippen LogP contribution >= 0.6 is 11.6 Å². The minimum absolute atomic E-state index is 0.0255. The van der Waals surface area contributed by atoms with E-state index < -0.39 is 10.8 Å². The summed E-state index contributed by atoms with van der Waals surface area (Å²) in [4.78, 5) is 23.5. The van der Waals surface area contributed by atoms with E-state index in [0.717, 1.165) is 5.56 Å². The van der Waals surface area contributed by atoms with Crippen LogP contribution in [0.2, 0.25) is 5.02 Å². The Balaban J connectivity index is 1.47. The van der Waals surface area contributed by atoms with E-state index >= 15 is 0 Å². The number of nitrogens with zero attached hydrogens (tertiary/aromatic N) is 1. The molecule has 1 amide bonds. The number of hydrogen-bond donors (Lipinski definition) is 1. The van der Waals surface area contributed by atoms with E-state index in [-0.39, 0.29) is 29.5 Å². The molecule has 8 nitrogen and oxygen atoms in total. The van der Waals surface area contributed by atoms with Gasteiger partial charge in [-0.15, -0.1) is 0 Å². The van der Waals surface area contributed by atoms with Crippen molar-refractivity contribution in [2.75, 3.05) is 5.32 Å². The number of para-hydroxylation sites is 1. The number of anilines is 1. The third kappa shape index (κ3) is 5.73. The molecule has 4 rings (SSSR count). The molecule has 0 atom stereocenters. The normalized spacial score (nSPS) is 10.5. The van der Waals surface area contributed by atoms with Crippen molar-refractivity contribution in [1.29, 1.82) is 0 Å². The number of nitrogens with one attached hydrogen (secondary N) is 1. The Morgan fingerprint density at radius 3 is 2.62 bits per heavy atom. The summed E-state index contributed by atoms with van der Waals surface area (Å²) in [6, 6.07) is 21.3. The van der Waals surface area contributed by atoms with Gasteiger partial charge in [-0.3, -0.25) is 14.9 Å². The summed E-state index contributed by atoms with van der Waals surface area (Å²) >= 11 is 5.94. The fourth-order valence-electron chi connectivity index (χ4n) is 3.10. The Kier molecular flexibility index (Phi) is 6.79. The van der Waals surface area contributed by atoms with Crippen LogP contribution in [0.3, 0.4) is 0 Å². The Morgan fingerprint density at radius 2 is 1.85 bits per heavy atom. The maximum absolute atomic E-state index is 12.7. The third-order valence-corrected chi connectivity index (χ3v) is 4.98. The van der Waals surface area contributed by atoms with Crippen LogP contribution in [0.5, 0.6) is 17.2 Å². The number of amides is 1. The van der Waals surface area contributed by atoms with Crippen molar-refractivity contribution in [3.05, 3.63) is 111 Å². The van der Waals surface area contributed by atoms with Gasteiger partial charge in [0.25, 0.3) is 11.6 Å². The number of rotatable bonds is 8. The molecule has 0 aliphatic carbocycles. The number of non-ortho nitro benzene ring substituents is 1. The number of benzene rings is 3. The van der Waals surface area contributed by atoms with E-state index in [1.165, 1.54) is 24.3 Å². The highest BCUT2D eigenvalue weighted by Gasteiger charge is 2.16. The van der Waals surface area contributed by atoms with Crippen LogP contribution in [-0.2, 0) is 6.61 Å². The second kappa shape index (κ2) is 10.1. The quantitative estimate of drug-likeness (QED) is 0.221. The van der Waals surface area contributed by atoms with Gasteiger partial charge < -0.3 is 19.2 Å². The van der Waals surface area contributed by atoms with E-state index in [4.69, 9.17) is 25.5 Å². The molecule has 0 spiro atoms. The lowest BCUT2D eigenvalue weighted by Gasteiger charge is -2.10. The van der Waals surface area contributed by atoms with Gasteiger partial charge in [0.2, 0.25) is 0 Å². The predicted molar refractivity (Wildman–Crippen MR) is 127 cm³/mol. The lowest BCUT2D eigenvalue weighted by atomic mass is 10.2. The lowest BCUT2D eigenvalue weighted by Crippen LogP contribution is -2.11. The number of nitro groups is 1. The molecule has 0 aliphatic heterocycles. The van der Waals surface area contributed by atoms with Crippen molar-refractivity contribution in [2.45, 2.75) is 13.5 Å². The molecule has 0 saturated heterocycles. The van der Waals surface area contributed by atoms with E-state index in [1.807, 2.05) is 19.1 Å². The van der Waals surface area contributed by atoms with Gasteiger partial charge in [0.05, 0.1) is 16.7 Å². The fourth-order valence-corrected chi connectivity index (χ4v) is 3.28. The highest BCUT2D eigenvalue weighted by molar-refractivity contribution is 6.30. The number of halogens is 1. The SMILES string of the molecule is Cc1ccccc1Oc1cc(NC(=O)c2ccc(COc3cccc(Cl)c3)o2)cc([N+](=O)[O-])c1. The van der Waals surface area contributed by atoms with Gasteiger partial charge in [-0.1, -0.05) is 35.9 Å². The van der Waals surface area contributed by atoms with E-state index in [0.29, 0.717) is 22.3 Å². The second-order valence-electron chi connectivity index (χ2n) is 7.31. The molecular formula is C25H19ClN2O6. The topological polar surface area (TPSA) is 104 Å². The van der Waals surface area contributed by atoms with Crippen LogP contribution in [0, 0.1) is 17.0 Å². The molecule has 0 bridgehead atoms. The summed E-state index contributed by atoms with van der Waals surface area (Å²) in [6.07, 6.45) is 0. The van der Waals surface area contributed by atoms with Crippen molar-refractivity contribution in [3.8, 4) is 17.2 Å². The lowest BCUT2D eigenvalue weighted by molar-refractivity contribution is -0.384. The molecule has 172 valence electrons. The Morgan fingerprint density at radius 1 is 1.03 bits per heavy atom. The summed E-state index contributed by atoms with van der Waals surface area (Å²) in [5.41, 5.74) is 0.829. The summed E-state index contributed by atoms with van der Waals surface area (Å²) in [5, 5.41) is 14.5. The molecule has 1 heterocycles. The van der Waals surface area contributed by atoms with Gasteiger partial charge in [-0.05, 0) is 48.9 Å². The molecule has 9 heteroatoms. The predicted octanol–water partition coefficient (Wildman–Crippen LogP) is 6.77. The van der Waals surface area contributed by atoms with Gasteiger partial charge in [0.1, 0.15) is 29.6 Å². The number of ether oxygens (including phenoxy) is 2. The minimum Gasteiger partial charge on any atom is -0.486 e. The van der Waals surface area contributed by atoms with E-state index in [1.54, 1.807) is 42.5 Å². The molecule has 0 saturated carbocycles. The first-order valence-electron chi connectivity index (χ1n) is 10.2. The number of carbonyl (C=O) groups excluding carboxylic acids is 1. The highest BCUT2D eigenvalue weighted by atomic mass is 35.5. The molecule has 4 aromatic rings. The summed E-state index contributed by atoms with van der Waals surface area (Å²) in [7, 11) is 0. The van der Waals surface area contributed by atoms with Crippen LogP contribution in [0.1, 0.15) is 21.9 Å². The molecule has 1 N–H and O–H groups in total. The average Bonchev–Trinajstić information content (AvgIpc) is 3.28. The van der Waals surface area contributed by atoms with Crippen molar-refractivity contribution >= 4 is 28.9 Å². The molecule has 0 unspecified atom stereocenters. The Hall–Kier alpha value is -4.30. The zero-order valence-electron chi connectivity index (χ0n) is 18.0. The number of carbonyl (C=O) groups is 1. The fraction of sp³-hybridized carbons (Fsp3) is 0.0800. The first kappa shape index (κ1) is 22.9. The summed E-state index contributed by atoms with van der Waals surface area (Å²) in [5.74, 6) is 1.21. The molecule has 0 aliphatic rings. The molecule has 3 aromatic carbocycles. The van der Waals surface area contributed by atoms with Gasteiger partial charge in [0.15, 0.2) is 5.76 Å². The van der Waals surface area contributed by atoms with Crippen molar-refractivity contribution in [2.24, 2.45) is 0 Å². The first-order chi connectivity index (χ1) is 16.4. The number of hydrogen-bond acceptors (Lipinski definition) is 6. The summed E-state index contributed by atoms with van der Waals surface area (Å²) < 4.78 is 17.0. The largest absolute Gasteiger partial charge is 0.486 e. The van der Waals surface area contributed by atoms with Gasteiger partial charge in [0, 0.05) is 17.2 Å². The van der Waals surface area contributed by atoms with Crippen LogP contribution in [0.25, 0.3) is 0 Å². The van der Waals surface area contributed by atoms with Crippen molar-refractivity contribution in [1.82, 2.24) is 0 Å². The van der Waals surface area contributed by atoms with Crippen LogP contribution in [0.15, 0.2) is 83.3 Å². The first-order valence-corrected chi connectivity index (χ1v) is 10.6. The molecular weight excluding hydrogens is 460 g/mol. The zero-order chi connectivity index (χ0) is 24.1. The van der Waals surface area contributed by atoms with Crippen molar-refractivity contribution < 1.29 is 23.6 Å². The van der Waals surface area contributed by atoms with Crippen LogP contribution in [-0.4, -0.2) is 10.8 Å². The van der Waals surface area contributed by atoms with Crippen molar-refractivity contribution in [3.63, 3.8) is 0 Å². The monoisotopic (exact) mass is 478 g/mol. The summed E-state index contributed by atoms with van der Waals surface area (Å²) in [6.45, 7) is 1.96. The van der Waals surface area contributed by atoms with E-state index in [2.05, 4.69) is 5.32 Å². The van der Waals surface area contributed by atoms with Gasteiger partial charge in [-0.2, -0.15) is 0 Å². The average molecular weight is 479 g/mol. The number of nitro benzene ring substituents is 1. The zero-order valence-corrected chi connectivity index (χ0v) is 18.7. The third-order valence-electron chi connectivity index (χ3n) is 4.74. The van der Waals surface area contributed by atoms with Gasteiger partial charge in [-0.25, -0.2) is 0 Å². The minimum atomic E-state index is -0.573. The standard InChI is InChI=1S/C25H19ClN2O6/c1-16-5-2-3-8-23(16)34-22-13-18(12-19(14-22)28(30)31)27-25(29)24-10-9-21(33-24)15-32-20-7-4-6-17(26)11-20/h2-14H,15H2,1H3,(H,27,29).